The Morgan fingerprint density at radius 3 is 2.19 bits per heavy atom. The molecule has 0 radical (unpaired) electrons. The van der Waals surface area contributed by atoms with E-state index >= 15 is 0 Å². The molecule has 3 aromatic carbocycles. The number of thiophene rings is 1. The largest absolute Gasteiger partial charge is 0.511 e. The van der Waals surface area contributed by atoms with Crippen molar-refractivity contribution in [3.8, 4) is 11.1 Å². The summed E-state index contributed by atoms with van der Waals surface area (Å²) in [4.78, 5) is 28.2. The third-order valence-electron chi connectivity index (χ3n) is 6.43. The second kappa shape index (κ2) is 10.0. The first-order valence-corrected chi connectivity index (χ1v) is 13.2. The molecule has 0 spiro atoms. The topological polar surface area (TPSA) is 66.4 Å². The Balaban J connectivity index is 1.81. The van der Waals surface area contributed by atoms with E-state index in [1.165, 1.54) is 11.3 Å². The number of benzene rings is 3. The molecule has 4 aromatic rings. The molecule has 1 aliphatic carbocycles. The van der Waals surface area contributed by atoms with E-state index in [2.05, 4.69) is 5.32 Å². The molecule has 1 aromatic heterocycles. The summed E-state index contributed by atoms with van der Waals surface area (Å²) in [5, 5.41) is 15.5. The molecule has 37 heavy (non-hydrogen) atoms. The molecule has 0 atom stereocenters. The van der Waals surface area contributed by atoms with E-state index in [1.54, 1.807) is 24.3 Å². The standard InChI is InChI=1S/C31H26ClNO3S/c1-31(2)17-23(34)26(24(35)18-31)29-25(19-11-5-3-6-12-19)27(28(36)21-15-9-10-16-22(21)32)30(37-29)33-20-13-7-4-8-14-20/h3-16,33-34H,17-18H2,1-2H3. The van der Waals surface area contributed by atoms with Gasteiger partial charge in [-0.15, -0.1) is 11.3 Å². The lowest BCUT2D eigenvalue weighted by Crippen LogP contribution is -2.25. The lowest BCUT2D eigenvalue weighted by molar-refractivity contribution is -0.116. The molecule has 5 rings (SSSR count). The highest BCUT2D eigenvalue weighted by Crippen LogP contribution is 2.49. The number of rotatable bonds is 6. The summed E-state index contributed by atoms with van der Waals surface area (Å²) in [5.74, 6) is -0.327. The number of hydrogen-bond donors (Lipinski definition) is 2. The first-order valence-electron chi connectivity index (χ1n) is 12.0. The number of aliphatic hydroxyl groups is 1. The van der Waals surface area contributed by atoms with Crippen LogP contribution in [0.25, 0.3) is 16.7 Å². The molecular weight excluding hydrogens is 502 g/mol. The Morgan fingerprint density at radius 2 is 1.54 bits per heavy atom. The summed E-state index contributed by atoms with van der Waals surface area (Å²) in [6.07, 6.45) is 0.698. The third-order valence-corrected chi connectivity index (χ3v) is 7.88. The number of para-hydroxylation sites is 1. The Bertz CT molecular complexity index is 1520. The van der Waals surface area contributed by atoms with Crippen molar-refractivity contribution in [3.05, 3.63) is 112 Å². The summed E-state index contributed by atoms with van der Waals surface area (Å²) in [5.41, 5.74) is 2.94. The minimum Gasteiger partial charge on any atom is -0.511 e. The molecule has 0 saturated carbocycles. The van der Waals surface area contributed by atoms with Crippen molar-refractivity contribution in [1.29, 1.82) is 0 Å². The van der Waals surface area contributed by atoms with Gasteiger partial charge in [-0.25, -0.2) is 0 Å². The summed E-state index contributed by atoms with van der Waals surface area (Å²) in [7, 11) is 0. The number of Topliss-reactive ketones (excluding diaryl/α,β-unsaturated/α-hetero) is 1. The van der Waals surface area contributed by atoms with E-state index in [1.807, 2.05) is 74.5 Å². The average Bonchev–Trinajstić information content (AvgIpc) is 3.22. The number of carbonyl (C=O) groups is 2. The van der Waals surface area contributed by atoms with Crippen LogP contribution >= 0.6 is 22.9 Å². The molecule has 0 amide bonds. The van der Waals surface area contributed by atoms with Crippen LogP contribution in [-0.4, -0.2) is 16.7 Å². The van der Waals surface area contributed by atoms with Gasteiger partial charge in [-0.1, -0.05) is 86.1 Å². The smallest absolute Gasteiger partial charge is 0.198 e. The molecule has 0 unspecified atom stereocenters. The maximum absolute atomic E-state index is 14.2. The maximum Gasteiger partial charge on any atom is 0.198 e. The molecule has 0 saturated heterocycles. The monoisotopic (exact) mass is 527 g/mol. The normalized spacial score (nSPS) is 15.1. The average molecular weight is 528 g/mol. The van der Waals surface area contributed by atoms with E-state index in [-0.39, 0.29) is 28.3 Å². The zero-order valence-electron chi connectivity index (χ0n) is 20.5. The predicted molar refractivity (Wildman–Crippen MR) is 152 cm³/mol. The van der Waals surface area contributed by atoms with Crippen molar-refractivity contribution >= 4 is 50.8 Å². The highest BCUT2D eigenvalue weighted by molar-refractivity contribution is 7.18. The summed E-state index contributed by atoms with van der Waals surface area (Å²) in [6.45, 7) is 3.94. The summed E-state index contributed by atoms with van der Waals surface area (Å²) < 4.78 is 0. The van der Waals surface area contributed by atoms with Crippen LogP contribution in [0, 0.1) is 5.41 Å². The zero-order chi connectivity index (χ0) is 26.2. The maximum atomic E-state index is 14.2. The number of aliphatic hydroxyl groups excluding tert-OH is 1. The van der Waals surface area contributed by atoms with Crippen molar-refractivity contribution < 1.29 is 14.7 Å². The van der Waals surface area contributed by atoms with E-state index in [4.69, 9.17) is 11.6 Å². The third kappa shape index (κ3) is 4.97. The van der Waals surface area contributed by atoms with Crippen LogP contribution in [-0.2, 0) is 4.79 Å². The fourth-order valence-electron chi connectivity index (χ4n) is 4.77. The van der Waals surface area contributed by atoms with Crippen LogP contribution in [0.15, 0.2) is 90.7 Å². The Labute approximate surface area is 225 Å². The SMILES string of the molecule is CC1(C)CC(=O)C(c2sc(Nc3ccccc3)c(C(=O)c3ccccc3Cl)c2-c2ccccc2)=C(O)C1. The number of hydrogen-bond acceptors (Lipinski definition) is 5. The van der Waals surface area contributed by atoms with E-state index in [9.17, 15) is 14.7 Å². The van der Waals surface area contributed by atoms with E-state index in [0.29, 0.717) is 44.4 Å². The van der Waals surface area contributed by atoms with Gasteiger partial charge in [-0.05, 0) is 35.2 Å². The molecular formula is C31H26ClNO3S. The Hall–Kier alpha value is -3.67. The van der Waals surface area contributed by atoms with Crippen molar-refractivity contribution in [2.45, 2.75) is 26.7 Å². The van der Waals surface area contributed by atoms with Gasteiger partial charge in [-0.2, -0.15) is 0 Å². The minimum absolute atomic E-state index is 0.0580. The molecule has 0 aliphatic heterocycles. The molecule has 2 N–H and O–H groups in total. The van der Waals surface area contributed by atoms with Crippen LogP contribution in [0.4, 0.5) is 10.7 Å². The van der Waals surface area contributed by atoms with E-state index < -0.39 is 0 Å². The number of anilines is 2. The Kier molecular flexibility index (Phi) is 6.76. The number of ketones is 2. The van der Waals surface area contributed by atoms with Crippen LogP contribution in [0.2, 0.25) is 5.02 Å². The lowest BCUT2D eigenvalue weighted by Gasteiger charge is -2.29. The van der Waals surface area contributed by atoms with Crippen molar-refractivity contribution in [1.82, 2.24) is 0 Å². The Morgan fingerprint density at radius 1 is 0.919 bits per heavy atom. The lowest BCUT2D eigenvalue weighted by atomic mass is 9.75. The molecule has 6 heteroatoms. The van der Waals surface area contributed by atoms with Crippen LogP contribution in [0.3, 0.4) is 0 Å². The van der Waals surface area contributed by atoms with E-state index in [0.717, 1.165) is 11.3 Å². The van der Waals surface area contributed by atoms with Crippen molar-refractivity contribution in [3.63, 3.8) is 0 Å². The molecule has 0 fully saturated rings. The number of allylic oxidation sites excluding steroid dienone is 2. The highest BCUT2D eigenvalue weighted by Gasteiger charge is 2.37. The van der Waals surface area contributed by atoms with Gasteiger partial charge in [0, 0.05) is 29.7 Å². The van der Waals surface area contributed by atoms with Gasteiger partial charge in [0.2, 0.25) is 0 Å². The van der Waals surface area contributed by atoms with Crippen LogP contribution < -0.4 is 5.32 Å². The van der Waals surface area contributed by atoms with Gasteiger partial charge >= 0.3 is 0 Å². The van der Waals surface area contributed by atoms with Gasteiger partial charge in [0.25, 0.3) is 0 Å². The number of halogens is 1. The first kappa shape index (κ1) is 25.0. The quantitative estimate of drug-likeness (QED) is 0.246. The molecule has 1 aliphatic rings. The van der Waals surface area contributed by atoms with Crippen molar-refractivity contribution in [2.75, 3.05) is 5.32 Å². The van der Waals surface area contributed by atoms with Crippen LogP contribution in [0.1, 0.15) is 47.5 Å². The van der Waals surface area contributed by atoms with Gasteiger partial charge in [0.1, 0.15) is 10.8 Å². The van der Waals surface area contributed by atoms with Gasteiger partial charge in [0.15, 0.2) is 11.6 Å². The summed E-state index contributed by atoms with van der Waals surface area (Å²) in [6, 6.07) is 26.0. The summed E-state index contributed by atoms with van der Waals surface area (Å²) >= 11 is 7.78. The molecule has 0 bridgehead atoms. The van der Waals surface area contributed by atoms with Gasteiger partial charge < -0.3 is 10.4 Å². The minimum atomic E-state index is -0.337. The first-order chi connectivity index (χ1) is 17.7. The fraction of sp³-hybridized carbons (Fsp3) is 0.161. The number of carbonyl (C=O) groups excluding carboxylic acids is 2. The molecule has 186 valence electrons. The highest BCUT2D eigenvalue weighted by atomic mass is 35.5. The second-order valence-electron chi connectivity index (χ2n) is 9.94. The van der Waals surface area contributed by atoms with Gasteiger partial charge in [-0.3, -0.25) is 9.59 Å². The molecule has 1 heterocycles. The molecule has 4 nitrogen and oxygen atoms in total. The van der Waals surface area contributed by atoms with Crippen molar-refractivity contribution in [2.24, 2.45) is 5.41 Å². The van der Waals surface area contributed by atoms with Gasteiger partial charge in [0.05, 0.1) is 21.0 Å². The fourth-order valence-corrected chi connectivity index (χ4v) is 6.32. The predicted octanol–water partition coefficient (Wildman–Crippen LogP) is 8.70. The van der Waals surface area contributed by atoms with Crippen LogP contribution in [0.5, 0.6) is 0 Å². The zero-order valence-corrected chi connectivity index (χ0v) is 22.1. The second-order valence-corrected chi connectivity index (χ2v) is 11.4. The number of nitrogens with one attached hydrogen (secondary N) is 1.